The highest BCUT2D eigenvalue weighted by Gasteiger charge is 2.04. The zero-order chi connectivity index (χ0) is 14.5. The number of hydrogen-bond donors (Lipinski definition) is 1. The molecule has 0 atom stereocenters. The Morgan fingerprint density at radius 1 is 1.05 bits per heavy atom. The van der Waals surface area contributed by atoms with Gasteiger partial charge in [-0.1, -0.05) is 24.6 Å². The van der Waals surface area contributed by atoms with E-state index in [-0.39, 0.29) is 0 Å². The lowest BCUT2D eigenvalue weighted by Crippen LogP contribution is -2.06. The average Bonchev–Trinajstić information content (AvgIpc) is 2.44. The molecule has 0 saturated heterocycles. The van der Waals surface area contributed by atoms with E-state index in [9.17, 15) is 0 Å². The van der Waals surface area contributed by atoms with Gasteiger partial charge >= 0.3 is 0 Å². The maximum absolute atomic E-state index is 6.12. The van der Waals surface area contributed by atoms with Crippen molar-refractivity contribution >= 4 is 11.6 Å². The number of ether oxygens (including phenoxy) is 1. The van der Waals surface area contributed by atoms with Gasteiger partial charge in [0, 0.05) is 11.6 Å². The minimum absolute atomic E-state index is 0.792. The second-order valence-corrected chi connectivity index (χ2v) is 5.23. The van der Waals surface area contributed by atoms with Gasteiger partial charge in [-0.2, -0.15) is 0 Å². The molecule has 0 aliphatic carbocycles. The summed E-state index contributed by atoms with van der Waals surface area (Å²) in [5.74, 6) is 1.68. The third kappa shape index (κ3) is 3.53. The molecule has 0 saturated carbocycles. The van der Waals surface area contributed by atoms with Crippen LogP contribution in [-0.2, 0) is 13.0 Å². The van der Waals surface area contributed by atoms with E-state index in [0.717, 1.165) is 35.1 Å². The Hall–Kier alpha value is -1.51. The van der Waals surface area contributed by atoms with E-state index in [4.69, 9.17) is 16.3 Å². The van der Waals surface area contributed by atoms with E-state index in [0.29, 0.717) is 0 Å². The van der Waals surface area contributed by atoms with Crippen LogP contribution in [-0.4, -0.2) is 7.05 Å². The quantitative estimate of drug-likeness (QED) is 0.860. The van der Waals surface area contributed by atoms with Gasteiger partial charge in [0.25, 0.3) is 0 Å². The Bertz CT molecular complexity index is 596. The summed E-state index contributed by atoms with van der Waals surface area (Å²) in [4.78, 5) is 0. The maximum Gasteiger partial charge on any atom is 0.127 e. The van der Waals surface area contributed by atoms with Crippen LogP contribution in [0.5, 0.6) is 11.5 Å². The topological polar surface area (TPSA) is 21.3 Å². The van der Waals surface area contributed by atoms with E-state index < -0.39 is 0 Å². The van der Waals surface area contributed by atoms with E-state index in [1.807, 2.05) is 31.3 Å². The molecular weight excluding hydrogens is 270 g/mol. The largest absolute Gasteiger partial charge is 0.457 e. The fourth-order valence-corrected chi connectivity index (χ4v) is 2.39. The molecule has 0 radical (unpaired) electrons. The normalized spacial score (nSPS) is 10.6. The Labute approximate surface area is 125 Å². The number of halogens is 1. The number of nitrogens with one attached hydrogen (secondary N) is 1. The molecule has 2 aromatic rings. The SMILES string of the molecule is CCc1cc(Oc2ccc(CNC)c(C)c2)ccc1Cl. The first kappa shape index (κ1) is 14.9. The highest BCUT2D eigenvalue weighted by Crippen LogP contribution is 2.27. The van der Waals surface area contributed by atoms with Crippen molar-refractivity contribution in [3.8, 4) is 11.5 Å². The monoisotopic (exact) mass is 289 g/mol. The van der Waals surface area contributed by atoms with Crippen LogP contribution < -0.4 is 10.1 Å². The first-order valence-corrected chi connectivity index (χ1v) is 7.22. The summed E-state index contributed by atoms with van der Waals surface area (Å²) >= 11 is 6.12. The van der Waals surface area contributed by atoms with Crippen LogP contribution in [0.4, 0.5) is 0 Å². The number of aryl methyl sites for hydroxylation is 2. The molecule has 0 spiro atoms. The Morgan fingerprint density at radius 3 is 2.40 bits per heavy atom. The van der Waals surface area contributed by atoms with Crippen LogP contribution in [0.2, 0.25) is 5.02 Å². The lowest BCUT2D eigenvalue weighted by molar-refractivity contribution is 0.481. The average molecular weight is 290 g/mol. The van der Waals surface area contributed by atoms with Crippen molar-refractivity contribution in [3.05, 3.63) is 58.1 Å². The van der Waals surface area contributed by atoms with Crippen molar-refractivity contribution in [2.45, 2.75) is 26.8 Å². The number of benzene rings is 2. The molecular formula is C17H20ClNO. The van der Waals surface area contributed by atoms with E-state index in [1.165, 1.54) is 11.1 Å². The number of rotatable bonds is 5. The molecule has 0 aromatic heterocycles. The molecule has 0 amide bonds. The standard InChI is InChI=1S/C17H20ClNO/c1-4-13-10-16(7-8-17(13)18)20-15-6-5-14(11-19-3)12(2)9-15/h5-10,19H,4,11H2,1-3H3. The van der Waals surface area contributed by atoms with E-state index in [2.05, 4.69) is 31.3 Å². The Morgan fingerprint density at radius 2 is 1.75 bits per heavy atom. The smallest absolute Gasteiger partial charge is 0.127 e. The summed E-state index contributed by atoms with van der Waals surface area (Å²) in [7, 11) is 1.95. The molecule has 2 aromatic carbocycles. The number of hydrogen-bond acceptors (Lipinski definition) is 2. The molecule has 106 valence electrons. The summed E-state index contributed by atoms with van der Waals surface area (Å²) in [5.41, 5.74) is 3.61. The highest BCUT2D eigenvalue weighted by atomic mass is 35.5. The summed E-state index contributed by atoms with van der Waals surface area (Å²) < 4.78 is 5.91. The van der Waals surface area contributed by atoms with Crippen molar-refractivity contribution in [3.63, 3.8) is 0 Å². The molecule has 1 N–H and O–H groups in total. The molecule has 0 aliphatic rings. The van der Waals surface area contributed by atoms with Crippen molar-refractivity contribution in [2.24, 2.45) is 0 Å². The zero-order valence-electron chi connectivity index (χ0n) is 12.2. The molecule has 0 bridgehead atoms. The van der Waals surface area contributed by atoms with E-state index in [1.54, 1.807) is 0 Å². The fraction of sp³-hybridized carbons (Fsp3) is 0.294. The Balaban J connectivity index is 2.19. The minimum atomic E-state index is 0.792. The second-order valence-electron chi connectivity index (χ2n) is 4.83. The highest BCUT2D eigenvalue weighted by molar-refractivity contribution is 6.31. The van der Waals surface area contributed by atoms with Gasteiger partial charge in [-0.15, -0.1) is 0 Å². The van der Waals surface area contributed by atoms with Crippen molar-refractivity contribution in [1.82, 2.24) is 5.32 Å². The summed E-state index contributed by atoms with van der Waals surface area (Å²) in [6.07, 6.45) is 0.899. The van der Waals surface area contributed by atoms with Gasteiger partial charge in [-0.05, 0) is 67.4 Å². The van der Waals surface area contributed by atoms with Crippen LogP contribution in [0.25, 0.3) is 0 Å². The predicted molar refractivity (Wildman–Crippen MR) is 84.8 cm³/mol. The lowest BCUT2D eigenvalue weighted by atomic mass is 10.1. The molecule has 2 rings (SSSR count). The van der Waals surface area contributed by atoms with Crippen LogP contribution in [0.15, 0.2) is 36.4 Å². The van der Waals surface area contributed by atoms with Crippen LogP contribution >= 0.6 is 11.6 Å². The second kappa shape index (κ2) is 6.78. The molecule has 0 fully saturated rings. The molecule has 0 aliphatic heterocycles. The lowest BCUT2D eigenvalue weighted by Gasteiger charge is -2.11. The van der Waals surface area contributed by atoms with Crippen LogP contribution in [0.3, 0.4) is 0 Å². The van der Waals surface area contributed by atoms with Gasteiger partial charge in [0.2, 0.25) is 0 Å². The predicted octanol–water partition coefficient (Wildman–Crippen LogP) is 4.72. The first-order chi connectivity index (χ1) is 9.63. The Kier molecular flexibility index (Phi) is 5.05. The maximum atomic E-state index is 6.12. The zero-order valence-corrected chi connectivity index (χ0v) is 12.9. The first-order valence-electron chi connectivity index (χ1n) is 6.84. The van der Waals surface area contributed by atoms with Crippen molar-refractivity contribution in [2.75, 3.05) is 7.05 Å². The molecule has 0 unspecified atom stereocenters. The summed E-state index contributed by atoms with van der Waals surface area (Å²) in [5, 5.41) is 3.95. The molecule has 0 heterocycles. The van der Waals surface area contributed by atoms with Gasteiger partial charge in [0.05, 0.1) is 0 Å². The third-order valence-electron chi connectivity index (χ3n) is 3.32. The minimum Gasteiger partial charge on any atom is -0.457 e. The molecule has 20 heavy (non-hydrogen) atoms. The van der Waals surface area contributed by atoms with Gasteiger partial charge < -0.3 is 10.1 Å². The van der Waals surface area contributed by atoms with Gasteiger partial charge in [0.15, 0.2) is 0 Å². The summed E-state index contributed by atoms with van der Waals surface area (Å²) in [6, 6.07) is 11.9. The van der Waals surface area contributed by atoms with E-state index >= 15 is 0 Å². The van der Waals surface area contributed by atoms with Crippen LogP contribution in [0.1, 0.15) is 23.6 Å². The van der Waals surface area contributed by atoms with Gasteiger partial charge in [0.1, 0.15) is 11.5 Å². The molecule has 3 heteroatoms. The van der Waals surface area contributed by atoms with Crippen molar-refractivity contribution < 1.29 is 4.74 Å². The van der Waals surface area contributed by atoms with Crippen molar-refractivity contribution in [1.29, 1.82) is 0 Å². The fourth-order valence-electron chi connectivity index (χ4n) is 2.14. The molecule has 2 nitrogen and oxygen atoms in total. The third-order valence-corrected chi connectivity index (χ3v) is 3.68. The van der Waals surface area contributed by atoms with Crippen LogP contribution in [0, 0.1) is 6.92 Å². The van der Waals surface area contributed by atoms with Gasteiger partial charge in [-0.25, -0.2) is 0 Å². The van der Waals surface area contributed by atoms with Gasteiger partial charge in [-0.3, -0.25) is 0 Å². The summed E-state index contributed by atoms with van der Waals surface area (Å²) in [6.45, 7) is 5.05.